The van der Waals surface area contributed by atoms with Crippen molar-refractivity contribution in [3.63, 3.8) is 0 Å². The van der Waals surface area contributed by atoms with E-state index >= 15 is 0 Å². The van der Waals surface area contributed by atoms with Gasteiger partial charge in [0.15, 0.2) is 5.79 Å². The lowest BCUT2D eigenvalue weighted by molar-refractivity contribution is -0.160. The molecule has 4 N–H and O–H groups in total. The number of fused-ring (bicyclic) bond motifs is 3. The zero-order chi connectivity index (χ0) is 26.4. The smallest absolute Gasteiger partial charge is 0.163 e. The van der Waals surface area contributed by atoms with Gasteiger partial charge in [0, 0.05) is 17.1 Å². The van der Waals surface area contributed by atoms with Crippen molar-refractivity contribution in [2.75, 3.05) is 18.1 Å². The molecule has 9 nitrogen and oxygen atoms in total. The number of anilines is 2. The third kappa shape index (κ3) is 4.46. The lowest BCUT2D eigenvalue weighted by Gasteiger charge is -2.24. The molecule has 1 aliphatic carbocycles. The van der Waals surface area contributed by atoms with Gasteiger partial charge >= 0.3 is 0 Å². The van der Waals surface area contributed by atoms with Crippen molar-refractivity contribution in [1.82, 2.24) is 19.5 Å². The predicted molar refractivity (Wildman–Crippen MR) is 148 cm³/mol. The molecule has 6 rings (SSSR count). The topological polar surface area (TPSA) is 123 Å². The highest BCUT2D eigenvalue weighted by Gasteiger charge is 2.54. The maximum atomic E-state index is 6.44. The number of pyridine rings is 1. The summed E-state index contributed by atoms with van der Waals surface area (Å²) >= 11 is 0. The standard InChI is InChI=1S/C29H34N6O3/c1-4-36-12-10-20-14-18-7-5-17(13-22(18)34-26(20)30)6-8-19-15-23(25-24(19)37-29(2,3)38-25)35-11-9-21-27(31)32-16-33-28(21)35/h5,7,9-14,16,19,23-25H,4,6,8,15H2,1-3H3,(H2,30,34)(H2,31,32,33)/t19-,23+,24+,25-/m0/s1. The number of hydrogen-bond acceptors (Lipinski definition) is 8. The number of nitrogens with two attached hydrogens (primary N) is 2. The van der Waals surface area contributed by atoms with Gasteiger partial charge in [-0.25, -0.2) is 15.0 Å². The molecule has 4 heterocycles. The summed E-state index contributed by atoms with van der Waals surface area (Å²) in [5, 5.41) is 1.92. The van der Waals surface area contributed by atoms with Crippen molar-refractivity contribution < 1.29 is 14.2 Å². The van der Waals surface area contributed by atoms with E-state index in [-0.39, 0.29) is 18.2 Å². The second-order valence-electron chi connectivity index (χ2n) is 10.6. The second-order valence-corrected chi connectivity index (χ2v) is 10.6. The van der Waals surface area contributed by atoms with Crippen LogP contribution in [0, 0.1) is 5.92 Å². The van der Waals surface area contributed by atoms with E-state index in [4.69, 9.17) is 25.7 Å². The van der Waals surface area contributed by atoms with E-state index in [1.807, 2.05) is 45.2 Å². The lowest BCUT2D eigenvalue weighted by Crippen LogP contribution is -2.27. The highest BCUT2D eigenvalue weighted by molar-refractivity contribution is 5.86. The summed E-state index contributed by atoms with van der Waals surface area (Å²) in [6, 6.07) is 10.6. The number of aromatic nitrogens is 4. The summed E-state index contributed by atoms with van der Waals surface area (Å²) < 4.78 is 20.4. The molecule has 4 aromatic rings. The van der Waals surface area contributed by atoms with Crippen molar-refractivity contribution in [2.45, 2.75) is 64.1 Å². The minimum Gasteiger partial charge on any atom is -0.501 e. The molecule has 0 bridgehead atoms. The summed E-state index contributed by atoms with van der Waals surface area (Å²) in [6.45, 7) is 6.54. The Labute approximate surface area is 221 Å². The van der Waals surface area contributed by atoms with Gasteiger partial charge in [0.25, 0.3) is 0 Å². The minimum atomic E-state index is -0.623. The maximum absolute atomic E-state index is 6.44. The predicted octanol–water partition coefficient (Wildman–Crippen LogP) is 4.87. The van der Waals surface area contributed by atoms with E-state index in [0.29, 0.717) is 24.2 Å². The van der Waals surface area contributed by atoms with Crippen LogP contribution in [0.15, 0.2) is 49.1 Å². The van der Waals surface area contributed by atoms with Crippen LogP contribution in [0.4, 0.5) is 11.6 Å². The van der Waals surface area contributed by atoms with Crippen LogP contribution < -0.4 is 11.5 Å². The van der Waals surface area contributed by atoms with Gasteiger partial charge in [0.05, 0.1) is 35.9 Å². The van der Waals surface area contributed by atoms with E-state index in [1.165, 1.54) is 11.9 Å². The normalized spacial score (nSPS) is 24.5. The largest absolute Gasteiger partial charge is 0.501 e. The first-order valence-electron chi connectivity index (χ1n) is 13.2. The Balaban J connectivity index is 1.22. The molecule has 3 aromatic heterocycles. The van der Waals surface area contributed by atoms with Crippen molar-refractivity contribution in [2.24, 2.45) is 5.92 Å². The molecule has 38 heavy (non-hydrogen) atoms. The minimum absolute atomic E-state index is 0.0144. The van der Waals surface area contributed by atoms with E-state index in [9.17, 15) is 0 Å². The molecule has 0 radical (unpaired) electrons. The Morgan fingerprint density at radius 1 is 1.11 bits per heavy atom. The van der Waals surface area contributed by atoms with Crippen LogP contribution in [0.25, 0.3) is 28.0 Å². The quantitative estimate of drug-likeness (QED) is 0.335. The van der Waals surface area contributed by atoms with Gasteiger partial charge in [-0.05, 0) is 75.8 Å². The Morgan fingerprint density at radius 2 is 1.95 bits per heavy atom. The number of aryl methyl sites for hydroxylation is 1. The monoisotopic (exact) mass is 514 g/mol. The fraction of sp³-hybridized carbons (Fsp3) is 0.414. The lowest BCUT2D eigenvalue weighted by atomic mass is 9.95. The van der Waals surface area contributed by atoms with Gasteiger partial charge in [-0.3, -0.25) is 0 Å². The molecular weight excluding hydrogens is 480 g/mol. The molecule has 0 unspecified atom stereocenters. The van der Waals surface area contributed by atoms with Crippen LogP contribution in [0.2, 0.25) is 0 Å². The average Bonchev–Trinajstić information content (AvgIpc) is 3.54. The van der Waals surface area contributed by atoms with Crippen LogP contribution in [-0.2, 0) is 20.6 Å². The summed E-state index contributed by atoms with van der Waals surface area (Å²) in [4.78, 5) is 13.3. The van der Waals surface area contributed by atoms with Gasteiger partial charge in [0.2, 0.25) is 0 Å². The second kappa shape index (κ2) is 9.56. The summed E-state index contributed by atoms with van der Waals surface area (Å²) in [6.07, 6.45) is 9.87. The fourth-order valence-corrected chi connectivity index (χ4v) is 5.97. The molecule has 198 valence electrons. The molecule has 1 saturated carbocycles. The number of rotatable bonds is 7. The molecular formula is C29H34N6O3. The van der Waals surface area contributed by atoms with Crippen molar-refractivity contribution in [3.8, 4) is 0 Å². The molecule has 9 heteroatoms. The molecule has 1 aliphatic heterocycles. The van der Waals surface area contributed by atoms with Gasteiger partial charge < -0.3 is 30.2 Å². The zero-order valence-electron chi connectivity index (χ0n) is 22.0. The molecule has 0 amide bonds. The van der Waals surface area contributed by atoms with Gasteiger partial charge in [-0.15, -0.1) is 0 Å². The van der Waals surface area contributed by atoms with E-state index in [1.54, 1.807) is 6.26 Å². The maximum Gasteiger partial charge on any atom is 0.163 e. The van der Waals surface area contributed by atoms with Crippen LogP contribution in [0.1, 0.15) is 50.8 Å². The summed E-state index contributed by atoms with van der Waals surface area (Å²) in [5.74, 6) is 0.700. The SMILES string of the molecule is CCOC=Cc1cc2ccc(CC[C@H]3C[C@@H](n4ccc5c(N)ncnc54)[C@@H]4OC(C)(C)O[C@H]34)cc2nc1N. The number of benzene rings is 1. The first-order chi connectivity index (χ1) is 18.3. The number of hydrogen-bond donors (Lipinski definition) is 2. The van der Waals surface area contributed by atoms with Crippen LogP contribution in [0.3, 0.4) is 0 Å². The van der Waals surface area contributed by atoms with E-state index in [2.05, 4.69) is 37.7 Å². The third-order valence-electron chi connectivity index (χ3n) is 7.71. The highest BCUT2D eigenvalue weighted by atomic mass is 16.8. The van der Waals surface area contributed by atoms with Crippen LogP contribution in [-0.4, -0.2) is 44.1 Å². The number of nitrogen functional groups attached to an aromatic ring is 2. The Bertz CT molecular complexity index is 1510. The Kier molecular flexibility index (Phi) is 6.20. The van der Waals surface area contributed by atoms with Crippen LogP contribution in [0.5, 0.6) is 0 Å². The first kappa shape index (κ1) is 24.6. The molecule has 2 aliphatic rings. The van der Waals surface area contributed by atoms with Gasteiger partial charge in [-0.1, -0.05) is 12.1 Å². The third-order valence-corrected chi connectivity index (χ3v) is 7.71. The Morgan fingerprint density at radius 3 is 2.79 bits per heavy atom. The average molecular weight is 515 g/mol. The van der Waals surface area contributed by atoms with Crippen molar-refractivity contribution in [1.29, 1.82) is 0 Å². The Hall–Kier alpha value is -3.69. The zero-order valence-corrected chi connectivity index (χ0v) is 22.0. The summed E-state index contributed by atoms with van der Waals surface area (Å²) in [7, 11) is 0. The van der Waals surface area contributed by atoms with Crippen LogP contribution >= 0.6 is 0 Å². The molecule has 1 aromatic carbocycles. The van der Waals surface area contributed by atoms with Gasteiger partial charge in [0.1, 0.15) is 29.7 Å². The first-order valence-corrected chi connectivity index (χ1v) is 13.2. The number of ether oxygens (including phenoxy) is 3. The van der Waals surface area contributed by atoms with E-state index < -0.39 is 5.79 Å². The van der Waals surface area contributed by atoms with E-state index in [0.717, 1.165) is 46.8 Å². The number of nitrogens with zero attached hydrogens (tertiary/aromatic N) is 4. The molecule has 2 fully saturated rings. The van der Waals surface area contributed by atoms with Crippen molar-refractivity contribution in [3.05, 3.63) is 60.2 Å². The molecule has 4 atom stereocenters. The molecule has 1 saturated heterocycles. The van der Waals surface area contributed by atoms with Gasteiger partial charge in [-0.2, -0.15) is 0 Å². The molecule has 0 spiro atoms. The highest BCUT2D eigenvalue weighted by Crippen LogP contribution is 2.49. The fourth-order valence-electron chi connectivity index (χ4n) is 5.97. The summed E-state index contributed by atoms with van der Waals surface area (Å²) in [5.41, 5.74) is 16.1. The van der Waals surface area contributed by atoms with Crippen molar-refractivity contribution >= 4 is 39.6 Å².